The molecular weight excluding hydrogens is 312 g/mol. The lowest BCUT2D eigenvalue weighted by Gasteiger charge is -2.53. The van der Waals surface area contributed by atoms with Gasteiger partial charge in [-0.2, -0.15) is 0 Å². The van der Waals surface area contributed by atoms with Crippen LogP contribution in [0, 0.1) is 28.6 Å². The minimum absolute atomic E-state index is 0.0199. The van der Waals surface area contributed by atoms with Crippen LogP contribution in [0.25, 0.3) is 0 Å². The first kappa shape index (κ1) is 20.5. The van der Waals surface area contributed by atoms with Crippen LogP contribution in [0.2, 0.25) is 0 Å². The Labute approximate surface area is 154 Å². The molecule has 0 heterocycles. The van der Waals surface area contributed by atoms with E-state index in [0.717, 1.165) is 32.3 Å². The maximum atomic E-state index is 12.6. The normalized spacial score (nSPS) is 36.3. The molecule has 0 N–H and O–H groups in total. The van der Waals surface area contributed by atoms with Gasteiger partial charge in [0.15, 0.2) is 0 Å². The van der Waals surface area contributed by atoms with Crippen molar-refractivity contribution in [3.05, 3.63) is 11.6 Å². The van der Waals surface area contributed by atoms with Crippen LogP contribution in [-0.4, -0.2) is 26.8 Å². The van der Waals surface area contributed by atoms with Gasteiger partial charge >= 0.3 is 5.97 Å². The van der Waals surface area contributed by atoms with E-state index in [4.69, 9.17) is 9.47 Å². The van der Waals surface area contributed by atoms with Crippen LogP contribution < -0.4 is 0 Å². The highest BCUT2D eigenvalue weighted by Gasteiger charge is 2.52. The van der Waals surface area contributed by atoms with E-state index in [-0.39, 0.29) is 16.8 Å². The van der Waals surface area contributed by atoms with Gasteiger partial charge in [0.2, 0.25) is 0 Å². The topological polar surface area (TPSA) is 35.5 Å². The Morgan fingerprint density at radius 3 is 2.64 bits per heavy atom. The fraction of sp³-hybridized carbons (Fsp3) is 0.864. The van der Waals surface area contributed by atoms with Crippen LogP contribution >= 0.6 is 0 Å². The summed E-state index contributed by atoms with van der Waals surface area (Å²) in [7, 11) is 3.32. The highest BCUT2D eigenvalue weighted by molar-refractivity contribution is 5.77. The van der Waals surface area contributed by atoms with E-state index in [0.29, 0.717) is 17.8 Å². The lowest BCUT2D eigenvalue weighted by Crippen LogP contribution is -2.47. The molecule has 0 unspecified atom stereocenters. The van der Waals surface area contributed by atoms with E-state index in [9.17, 15) is 4.79 Å². The second kappa shape index (κ2) is 8.24. The summed E-state index contributed by atoms with van der Waals surface area (Å²) < 4.78 is 10.4. The Bertz CT molecular complexity index is 498. The molecule has 0 aromatic carbocycles. The Balaban J connectivity index is 2.19. The minimum Gasteiger partial charge on any atom is -0.469 e. The molecule has 0 aromatic heterocycles. The molecule has 0 spiro atoms. The molecule has 25 heavy (non-hydrogen) atoms. The molecule has 5 atom stereocenters. The summed E-state index contributed by atoms with van der Waals surface area (Å²) in [5, 5.41) is 0. The fourth-order valence-corrected chi connectivity index (χ4v) is 5.19. The molecule has 3 nitrogen and oxygen atoms in total. The van der Waals surface area contributed by atoms with E-state index in [1.807, 2.05) is 0 Å². The molecule has 2 aliphatic carbocycles. The van der Waals surface area contributed by atoms with Crippen molar-refractivity contribution in [3.63, 3.8) is 0 Å². The van der Waals surface area contributed by atoms with Crippen molar-refractivity contribution in [2.75, 3.05) is 20.8 Å². The average molecular weight is 351 g/mol. The molecule has 1 fully saturated rings. The predicted octanol–water partition coefficient (Wildman–Crippen LogP) is 5.39. The van der Waals surface area contributed by atoms with E-state index in [1.54, 1.807) is 12.7 Å². The van der Waals surface area contributed by atoms with Crippen molar-refractivity contribution in [2.45, 2.75) is 72.6 Å². The van der Waals surface area contributed by atoms with Crippen molar-refractivity contribution in [1.82, 2.24) is 0 Å². The third-order valence-electron chi connectivity index (χ3n) is 7.43. The zero-order valence-electron chi connectivity index (χ0n) is 17.2. The molecule has 3 heteroatoms. The lowest BCUT2D eigenvalue weighted by atomic mass is 9.51. The van der Waals surface area contributed by atoms with Gasteiger partial charge in [0.25, 0.3) is 0 Å². The summed E-state index contributed by atoms with van der Waals surface area (Å²) >= 11 is 0. The summed E-state index contributed by atoms with van der Waals surface area (Å²) in [6, 6.07) is 0. The summed E-state index contributed by atoms with van der Waals surface area (Å²) in [4.78, 5) is 12.6. The Hall–Kier alpha value is -0.830. The number of carbonyl (C=O) groups is 1. The second-order valence-corrected chi connectivity index (χ2v) is 8.98. The number of rotatable bonds is 7. The summed E-state index contributed by atoms with van der Waals surface area (Å²) in [5.41, 5.74) is 1.41. The zero-order valence-corrected chi connectivity index (χ0v) is 17.2. The van der Waals surface area contributed by atoms with Crippen molar-refractivity contribution in [1.29, 1.82) is 0 Å². The first-order valence-corrected chi connectivity index (χ1v) is 10.1. The van der Waals surface area contributed by atoms with Crippen molar-refractivity contribution in [3.8, 4) is 0 Å². The van der Waals surface area contributed by atoms with E-state index >= 15 is 0 Å². The van der Waals surface area contributed by atoms with Gasteiger partial charge in [-0.1, -0.05) is 32.4 Å². The van der Waals surface area contributed by atoms with E-state index in [2.05, 4.69) is 33.8 Å². The Morgan fingerprint density at radius 1 is 1.28 bits per heavy atom. The Morgan fingerprint density at radius 2 is 2.00 bits per heavy atom. The monoisotopic (exact) mass is 350 g/mol. The highest BCUT2D eigenvalue weighted by Crippen LogP contribution is 2.58. The quantitative estimate of drug-likeness (QED) is 0.456. The third-order valence-corrected chi connectivity index (χ3v) is 7.43. The number of esters is 1. The van der Waals surface area contributed by atoms with Gasteiger partial charge < -0.3 is 9.47 Å². The smallest absolute Gasteiger partial charge is 0.312 e. The van der Waals surface area contributed by atoms with Crippen LogP contribution in [0.1, 0.15) is 72.6 Å². The van der Waals surface area contributed by atoms with Gasteiger partial charge in [-0.25, -0.2) is 0 Å². The molecule has 1 saturated carbocycles. The van der Waals surface area contributed by atoms with Gasteiger partial charge in [0.05, 0.1) is 12.5 Å². The number of hydrogen-bond donors (Lipinski definition) is 0. The molecule has 0 bridgehead atoms. The number of methoxy groups -OCH3 is 2. The summed E-state index contributed by atoms with van der Waals surface area (Å²) in [5.74, 6) is 1.68. The van der Waals surface area contributed by atoms with Crippen LogP contribution in [0.4, 0.5) is 0 Å². The van der Waals surface area contributed by atoms with Crippen LogP contribution in [0.3, 0.4) is 0 Å². The van der Waals surface area contributed by atoms with Crippen molar-refractivity contribution >= 4 is 5.97 Å². The molecule has 0 radical (unpaired) electrons. The van der Waals surface area contributed by atoms with Gasteiger partial charge in [-0.15, -0.1) is 0 Å². The lowest BCUT2D eigenvalue weighted by molar-refractivity contribution is -0.156. The molecule has 0 aliphatic heterocycles. The SMILES string of the molecule is COCC[C@H](C)CC[C@]1(C)C2=CCC[C@](C)(C(=O)OC)[C@H]2CC[C@H]1C. The second-order valence-electron chi connectivity index (χ2n) is 8.98. The van der Waals surface area contributed by atoms with Gasteiger partial charge in [-0.05, 0) is 75.0 Å². The molecule has 0 aromatic rings. The number of hydrogen-bond acceptors (Lipinski definition) is 3. The molecule has 2 aliphatic rings. The molecule has 0 saturated heterocycles. The molecular formula is C22H38O3. The van der Waals surface area contributed by atoms with E-state index in [1.165, 1.54) is 26.4 Å². The van der Waals surface area contributed by atoms with E-state index < -0.39 is 0 Å². The average Bonchev–Trinajstić information content (AvgIpc) is 2.61. The number of carbonyl (C=O) groups excluding carboxylic acids is 1. The molecule has 144 valence electrons. The van der Waals surface area contributed by atoms with Gasteiger partial charge in [-0.3, -0.25) is 4.79 Å². The van der Waals surface area contributed by atoms with Crippen molar-refractivity contribution < 1.29 is 14.3 Å². The van der Waals surface area contributed by atoms with Crippen LogP contribution in [0.15, 0.2) is 11.6 Å². The predicted molar refractivity (Wildman–Crippen MR) is 102 cm³/mol. The number of fused-ring (bicyclic) bond motifs is 1. The standard InChI is InChI=1S/C22H38O3/c1-16(12-15-24-5)11-14-21(3)17(2)9-10-19-18(21)8-7-13-22(19,4)20(23)25-6/h8,16-17,19H,7,9-15H2,1-6H3/t16-,17-,19+,21+,22+/m1/s1. The highest BCUT2D eigenvalue weighted by atomic mass is 16.5. The maximum absolute atomic E-state index is 12.6. The van der Waals surface area contributed by atoms with Crippen LogP contribution in [0.5, 0.6) is 0 Å². The van der Waals surface area contributed by atoms with Crippen molar-refractivity contribution in [2.24, 2.45) is 28.6 Å². The third kappa shape index (κ3) is 3.97. The summed E-state index contributed by atoms with van der Waals surface area (Å²) in [6.07, 6.45) is 10.3. The maximum Gasteiger partial charge on any atom is 0.312 e. The summed E-state index contributed by atoms with van der Waals surface area (Å²) in [6.45, 7) is 10.2. The van der Waals surface area contributed by atoms with Gasteiger partial charge in [0, 0.05) is 13.7 Å². The first-order chi connectivity index (χ1) is 11.8. The molecule has 0 amide bonds. The Kier molecular flexibility index (Phi) is 6.75. The number of ether oxygens (including phenoxy) is 2. The first-order valence-electron chi connectivity index (χ1n) is 10.1. The van der Waals surface area contributed by atoms with Gasteiger partial charge in [0.1, 0.15) is 0 Å². The fourth-order valence-electron chi connectivity index (χ4n) is 5.19. The largest absolute Gasteiger partial charge is 0.469 e. The minimum atomic E-state index is -0.345. The molecule has 2 rings (SSSR count). The number of allylic oxidation sites excluding steroid dienone is 2. The van der Waals surface area contributed by atoms with Crippen LogP contribution in [-0.2, 0) is 14.3 Å². The zero-order chi connectivity index (χ0) is 18.7.